The van der Waals surface area contributed by atoms with Crippen molar-refractivity contribution in [2.45, 2.75) is 38.8 Å². The van der Waals surface area contributed by atoms with E-state index in [4.69, 9.17) is 9.26 Å². The fourth-order valence-corrected chi connectivity index (χ4v) is 1.29. The first-order valence-electron chi connectivity index (χ1n) is 5.89. The van der Waals surface area contributed by atoms with Gasteiger partial charge in [-0.2, -0.15) is 4.98 Å². The van der Waals surface area contributed by atoms with Crippen LogP contribution in [0, 0.1) is 0 Å². The van der Waals surface area contributed by atoms with Gasteiger partial charge in [0.1, 0.15) is 6.10 Å². The molecule has 17 heavy (non-hydrogen) atoms. The molecule has 0 saturated carbocycles. The van der Waals surface area contributed by atoms with E-state index in [0.717, 1.165) is 12.8 Å². The maximum Gasteiger partial charge on any atom is 0.255 e. The lowest BCUT2D eigenvalue weighted by Gasteiger charge is -2.07. The molecule has 0 spiro atoms. The Morgan fingerprint density at radius 3 is 2.94 bits per heavy atom. The second-order valence-electron chi connectivity index (χ2n) is 4.03. The van der Waals surface area contributed by atoms with Gasteiger partial charge < -0.3 is 14.6 Å². The van der Waals surface area contributed by atoms with Crippen molar-refractivity contribution in [2.24, 2.45) is 0 Å². The van der Waals surface area contributed by atoms with Gasteiger partial charge >= 0.3 is 0 Å². The molecule has 0 aliphatic heterocycles. The molecule has 0 aromatic carbocycles. The number of nitrogens with one attached hydrogen (secondary N) is 1. The van der Waals surface area contributed by atoms with Crippen LogP contribution < -0.4 is 5.32 Å². The number of hydrogen-bond acceptors (Lipinski definition) is 5. The molecule has 2 atom stereocenters. The largest absolute Gasteiger partial charge is 0.368 e. The number of likely N-dealkylation sites (N-methyl/N-ethyl adjacent to an activating group) is 1. The Balaban J connectivity index is 2.46. The lowest BCUT2D eigenvalue weighted by Crippen LogP contribution is -2.24. The van der Waals surface area contributed by atoms with Gasteiger partial charge in [-0.1, -0.05) is 11.2 Å². The van der Waals surface area contributed by atoms with Crippen molar-refractivity contribution in [3.8, 4) is 0 Å². The molecule has 5 heteroatoms. The van der Waals surface area contributed by atoms with E-state index in [1.54, 1.807) is 0 Å². The molecule has 0 saturated heterocycles. The SMILES string of the molecule is C=CCCOC(C)c1nc(CC(C)NC)no1. The highest BCUT2D eigenvalue weighted by Gasteiger charge is 2.15. The molecular weight excluding hydrogens is 218 g/mol. The molecule has 96 valence electrons. The predicted octanol–water partition coefficient (Wildman–Crippen LogP) is 1.87. The zero-order valence-electron chi connectivity index (χ0n) is 10.8. The third-order valence-electron chi connectivity index (χ3n) is 2.50. The molecule has 1 aromatic heterocycles. The Labute approximate surface area is 102 Å². The van der Waals surface area contributed by atoms with E-state index in [2.05, 4.69) is 29.0 Å². The lowest BCUT2D eigenvalue weighted by molar-refractivity contribution is 0.0459. The van der Waals surface area contributed by atoms with E-state index in [9.17, 15) is 0 Å². The molecule has 1 aromatic rings. The van der Waals surface area contributed by atoms with Crippen molar-refractivity contribution in [2.75, 3.05) is 13.7 Å². The van der Waals surface area contributed by atoms with E-state index in [0.29, 0.717) is 24.4 Å². The Kier molecular flexibility index (Phi) is 5.86. The second-order valence-corrected chi connectivity index (χ2v) is 4.03. The second kappa shape index (κ2) is 7.19. The Hall–Kier alpha value is -1.20. The molecule has 0 aliphatic rings. The van der Waals surface area contributed by atoms with E-state index in [1.807, 2.05) is 20.0 Å². The van der Waals surface area contributed by atoms with Crippen LogP contribution in [0.25, 0.3) is 0 Å². The van der Waals surface area contributed by atoms with Gasteiger partial charge in [-0.3, -0.25) is 0 Å². The van der Waals surface area contributed by atoms with E-state index >= 15 is 0 Å². The summed E-state index contributed by atoms with van der Waals surface area (Å²) in [5.74, 6) is 1.24. The molecule has 0 amide bonds. The maximum absolute atomic E-state index is 5.53. The molecule has 2 unspecified atom stereocenters. The van der Waals surface area contributed by atoms with Crippen LogP contribution in [-0.2, 0) is 11.2 Å². The zero-order chi connectivity index (χ0) is 12.7. The highest BCUT2D eigenvalue weighted by molar-refractivity contribution is 4.91. The minimum atomic E-state index is -0.166. The molecule has 0 bridgehead atoms. The Bertz CT molecular complexity index is 338. The monoisotopic (exact) mass is 239 g/mol. The minimum absolute atomic E-state index is 0.166. The van der Waals surface area contributed by atoms with Gasteiger partial charge in [0.15, 0.2) is 5.82 Å². The summed E-state index contributed by atoms with van der Waals surface area (Å²) in [6.45, 7) is 8.23. The molecular formula is C12H21N3O2. The average Bonchev–Trinajstić information content (AvgIpc) is 2.77. The fraction of sp³-hybridized carbons (Fsp3) is 0.667. The fourth-order valence-electron chi connectivity index (χ4n) is 1.29. The maximum atomic E-state index is 5.53. The van der Waals surface area contributed by atoms with Gasteiger partial charge in [0.25, 0.3) is 5.89 Å². The minimum Gasteiger partial charge on any atom is -0.368 e. The number of nitrogens with zero attached hydrogens (tertiary/aromatic N) is 2. The first-order chi connectivity index (χ1) is 8.17. The van der Waals surface area contributed by atoms with E-state index in [-0.39, 0.29) is 6.10 Å². The summed E-state index contributed by atoms with van der Waals surface area (Å²) in [5.41, 5.74) is 0. The summed E-state index contributed by atoms with van der Waals surface area (Å²) >= 11 is 0. The molecule has 0 fully saturated rings. The van der Waals surface area contributed by atoms with Crippen molar-refractivity contribution in [3.63, 3.8) is 0 Å². The van der Waals surface area contributed by atoms with Gasteiger partial charge in [0.2, 0.25) is 0 Å². The van der Waals surface area contributed by atoms with Crippen LogP contribution in [0.1, 0.15) is 38.1 Å². The molecule has 0 aliphatic carbocycles. The molecule has 0 radical (unpaired) electrons. The molecule has 1 N–H and O–H groups in total. The van der Waals surface area contributed by atoms with Crippen LogP contribution in [0.3, 0.4) is 0 Å². The standard InChI is InChI=1S/C12H21N3O2/c1-5-6-7-16-10(3)12-14-11(15-17-12)8-9(2)13-4/h5,9-10,13H,1,6-8H2,2-4H3. The predicted molar refractivity (Wildman–Crippen MR) is 65.7 cm³/mol. The summed E-state index contributed by atoms with van der Waals surface area (Å²) in [7, 11) is 1.91. The highest BCUT2D eigenvalue weighted by atomic mass is 16.5. The van der Waals surface area contributed by atoms with Gasteiger partial charge in [-0.05, 0) is 27.3 Å². The zero-order valence-corrected chi connectivity index (χ0v) is 10.8. The lowest BCUT2D eigenvalue weighted by atomic mass is 10.2. The number of aromatic nitrogens is 2. The summed E-state index contributed by atoms with van der Waals surface area (Å²) < 4.78 is 10.7. The van der Waals surface area contributed by atoms with Gasteiger partial charge in [-0.15, -0.1) is 6.58 Å². The quantitative estimate of drug-likeness (QED) is 0.554. The summed E-state index contributed by atoms with van der Waals surface area (Å²) in [6.07, 6.45) is 3.23. The third kappa shape index (κ3) is 4.66. The van der Waals surface area contributed by atoms with Crippen molar-refractivity contribution in [3.05, 3.63) is 24.4 Å². The smallest absolute Gasteiger partial charge is 0.255 e. The average molecular weight is 239 g/mol. The highest BCUT2D eigenvalue weighted by Crippen LogP contribution is 2.15. The topological polar surface area (TPSA) is 60.2 Å². The Morgan fingerprint density at radius 1 is 1.53 bits per heavy atom. The van der Waals surface area contributed by atoms with E-state index < -0.39 is 0 Å². The van der Waals surface area contributed by atoms with Gasteiger partial charge in [0, 0.05) is 12.5 Å². The van der Waals surface area contributed by atoms with Crippen molar-refractivity contribution >= 4 is 0 Å². The van der Waals surface area contributed by atoms with Gasteiger partial charge in [-0.25, -0.2) is 0 Å². The first kappa shape index (κ1) is 13.9. The van der Waals surface area contributed by atoms with Crippen LogP contribution in [0.4, 0.5) is 0 Å². The van der Waals surface area contributed by atoms with Crippen molar-refractivity contribution in [1.29, 1.82) is 0 Å². The van der Waals surface area contributed by atoms with Crippen LogP contribution in [0.5, 0.6) is 0 Å². The molecule has 5 nitrogen and oxygen atoms in total. The summed E-state index contributed by atoms with van der Waals surface area (Å²) in [6, 6.07) is 0.331. The molecule has 1 rings (SSSR count). The van der Waals surface area contributed by atoms with E-state index in [1.165, 1.54) is 0 Å². The summed E-state index contributed by atoms with van der Waals surface area (Å²) in [4.78, 5) is 4.31. The third-order valence-corrected chi connectivity index (χ3v) is 2.50. The van der Waals surface area contributed by atoms with Gasteiger partial charge in [0.05, 0.1) is 6.61 Å². The van der Waals surface area contributed by atoms with Crippen LogP contribution in [0.15, 0.2) is 17.2 Å². The number of ether oxygens (including phenoxy) is 1. The Morgan fingerprint density at radius 2 is 2.29 bits per heavy atom. The van der Waals surface area contributed by atoms with Crippen LogP contribution in [0.2, 0.25) is 0 Å². The normalized spacial score (nSPS) is 14.5. The number of rotatable bonds is 8. The van der Waals surface area contributed by atoms with Crippen LogP contribution in [-0.4, -0.2) is 29.8 Å². The van der Waals surface area contributed by atoms with Crippen molar-refractivity contribution < 1.29 is 9.26 Å². The summed E-state index contributed by atoms with van der Waals surface area (Å²) in [5, 5.41) is 7.06. The number of hydrogen-bond donors (Lipinski definition) is 1. The molecule has 1 heterocycles. The van der Waals surface area contributed by atoms with Crippen LogP contribution >= 0.6 is 0 Å². The first-order valence-corrected chi connectivity index (χ1v) is 5.89. The van der Waals surface area contributed by atoms with Crippen molar-refractivity contribution in [1.82, 2.24) is 15.5 Å².